The van der Waals surface area contributed by atoms with Crippen LogP contribution in [0.4, 0.5) is 4.79 Å². The van der Waals surface area contributed by atoms with E-state index in [-0.39, 0.29) is 6.54 Å². The van der Waals surface area contributed by atoms with Crippen LogP contribution in [-0.4, -0.2) is 40.8 Å². The van der Waals surface area contributed by atoms with Crippen LogP contribution in [0.3, 0.4) is 0 Å². The van der Waals surface area contributed by atoms with Gasteiger partial charge in [0.2, 0.25) is 0 Å². The van der Waals surface area contributed by atoms with E-state index in [1.165, 1.54) is 0 Å². The molecular weight excluding hydrogens is 284 g/mol. The molecule has 0 saturated heterocycles. The third-order valence-corrected chi connectivity index (χ3v) is 1.70. The number of urea groups is 1. The number of carboxylic acids is 2. The summed E-state index contributed by atoms with van der Waals surface area (Å²) in [6, 6.07) is -2.23. The van der Waals surface area contributed by atoms with E-state index in [4.69, 9.17) is 10.2 Å². The van der Waals surface area contributed by atoms with Crippen LogP contribution in [0.25, 0.3) is 0 Å². The Kier molecular flexibility index (Phi) is 6.16. The van der Waals surface area contributed by atoms with Gasteiger partial charge in [-0.05, 0) is 0 Å². The zero-order valence-corrected chi connectivity index (χ0v) is 9.78. The fourth-order valence-electron chi connectivity index (χ4n) is 0.760. The highest BCUT2D eigenvalue weighted by Gasteiger charge is 2.22. The zero-order valence-electron chi connectivity index (χ0n) is 8.20. The SMILES string of the molecule is C=C(Br)CNC(=O)N[C@H](CC(=O)O)C(=O)O. The Morgan fingerprint density at radius 3 is 2.25 bits per heavy atom. The van der Waals surface area contributed by atoms with Crippen molar-refractivity contribution in [3.05, 3.63) is 11.1 Å². The second-order valence-electron chi connectivity index (χ2n) is 2.83. The molecule has 0 unspecified atom stereocenters. The van der Waals surface area contributed by atoms with Crippen molar-refractivity contribution < 1.29 is 24.6 Å². The third-order valence-electron chi connectivity index (χ3n) is 1.42. The van der Waals surface area contributed by atoms with Crippen LogP contribution in [0, 0.1) is 0 Å². The van der Waals surface area contributed by atoms with Crippen molar-refractivity contribution in [3.8, 4) is 0 Å². The second kappa shape index (κ2) is 6.83. The molecule has 2 amide bonds. The minimum atomic E-state index is -1.46. The molecule has 0 aliphatic carbocycles. The molecule has 0 radical (unpaired) electrons. The first kappa shape index (κ1) is 14.4. The molecule has 0 saturated carbocycles. The molecule has 90 valence electrons. The molecule has 16 heavy (non-hydrogen) atoms. The maximum Gasteiger partial charge on any atom is 0.326 e. The standard InChI is InChI=1S/C8H11BrN2O5/c1-4(9)3-10-8(16)11-5(7(14)15)2-6(12)13/h5H,1-3H2,(H,12,13)(H,14,15)(H2,10,11,16)/t5-/m1/s1. The monoisotopic (exact) mass is 294 g/mol. The lowest BCUT2D eigenvalue weighted by Gasteiger charge is -2.12. The van der Waals surface area contributed by atoms with E-state index in [1.54, 1.807) is 0 Å². The first-order valence-electron chi connectivity index (χ1n) is 4.15. The smallest absolute Gasteiger partial charge is 0.326 e. The number of hydrogen-bond acceptors (Lipinski definition) is 3. The Labute approximate surface area is 99.6 Å². The lowest BCUT2D eigenvalue weighted by Crippen LogP contribution is -2.47. The van der Waals surface area contributed by atoms with Gasteiger partial charge >= 0.3 is 18.0 Å². The molecule has 4 N–H and O–H groups in total. The van der Waals surface area contributed by atoms with Crippen LogP contribution in [0.5, 0.6) is 0 Å². The number of halogens is 1. The number of hydrogen-bond donors (Lipinski definition) is 4. The predicted molar refractivity (Wildman–Crippen MR) is 58.3 cm³/mol. The summed E-state index contributed by atoms with van der Waals surface area (Å²) < 4.78 is 0.507. The van der Waals surface area contributed by atoms with E-state index in [0.717, 1.165) is 0 Å². The lowest BCUT2D eigenvalue weighted by molar-refractivity contribution is -0.145. The number of carbonyl (C=O) groups is 3. The molecule has 1 atom stereocenters. The first-order chi connectivity index (χ1) is 7.32. The largest absolute Gasteiger partial charge is 0.481 e. The zero-order chi connectivity index (χ0) is 12.7. The average molecular weight is 295 g/mol. The molecular formula is C8H11BrN2O5. The molecule has 0 bridgehead atoms. The van der Waals surface area contributed by atoms with Crippen molar-refractivity contribution in [2.45, 2.75) is 12.5 Å². The second-order valence-corrected chi connectivity index (χ2v) is 3.95. The van der Waals surface area contributed by atoms with Crippen molar-refractivity contribution in [3.63, 3.8) is 0 Å². The average Bonchev–Trinajstić information content (AvgIpc) is 2.12. The molecule has 8 heteroatoms. The molecule has 0 rings (SSSR count). The van der Waals surface area contributed by atoms with Gasteiger partial charge in [-0.2, -0.15) is 0 Å². The number of amides is 2. The van der Waals surface area contributed by atoms with Gasteiger partial charge in [0.05, 0.1) is 13.0 Å². The number of rotatable bonds is 6. The van der Waals surface area contributed by atoms with Crippen LogP contribution in [0.1, 0.15) is 6.42 Å². The molecule has 0 spiro atoms. The van der Waals surface area contributed by atoms with E-state index in [0.29, 0.717) is 4.48 Å². The lowest BCUT2D eigenvalue weighted by atomic mass is 10.2. The maximum atomic E-state index is 11.1. The fraction of sp³-hybridized carbons (Fsp3) is 0.375. The van der Waals surface area contributed by atoms with Gasteiger partial charge < -0.3 is 20.8 Å². The summed E-state index contributed by atoms with van der Waals surface area (Å²) in [7, 11) is 0. The molecule has 0 fully saturated rings. The molecule has 0 aromatic heterocycles. The molecule has 0 aromatic carbocycles. The van der Waals surface area contributed by atoms with Gasteiger partial charge in [0.15, 0.2) is 0 Å². The third kappa shape index (κ3) is 6.82. The van der Waals surface area contributed by atoms with Crippen LogP contribution < -0.4 is 10.6 Å². The normalized spacial score (nSPS) is 11.3. The number of carboxylic acid groups (broad SMARTS) is 2. The molecule has 0 aliphatic heterocycles. The maximum absolute atomic E-state index is 11.1. The Morgan fingerprint density at radius 1 is 1.31 bits per heavy atom. The molecule has 0 aliphatic rings. The van der Waals surface area contributed by atoms with Gasteiger partial charge in [-0.1, -0.05) is 22.5 Å². The minimum absolute atomic E-state index is 0.116. The van der Waals surface area contributed by atoms with E-state index in [1.807, 2.05) is 5.32 Å². The Bertz CT molecular complexity index is 318. The summed E-state index contributed by atoms with van der Waals surface area (Å²) in [6.07, 6.45) is -0.683. The van der Waals surface area contributed by atoms with Gasteiger partial charge in [-0.3, -0.25) is 4.79 Å². The van der Waals surface area contributed by atoms with Crippen LogP contribution in [-0.2, 0) is 9.59 Å². The first-order valence-corrected chi connectivity index (χ1v) is 4.94. The van der Waals surface area contributed by atoms with Gasteiger partial charge in [0, 0.05) is 4.48 Å². The Balaban J connectivity index is 4.18. The highest BCUT2D eigenvalue weighted by molar-refractivity contribution is 9.11. The Hall–Kier alpha value is -1.57. The number of nitrogens with one attached hydrogen (secondary N) is 2. The molecule has 0 aromatic rings. The van der Waals surface area contributed by atoms with Gasteiger partial charge in [0.25, 0.3) is 0 Å². The van der Waals surface area contributed by atoms with E-state index in [2.05, 4.69) is 27.8 Å². The highest BCUT2D eigenvalue weighted by atomic mass is 79.9. The van der Waals surface area contributed by atoms with E-state index >= 15 is 0 Å². The summed E-state index contributed by atoms with van der Waals surface area (Å²) in [5.41, 5.74) is 0. The molecule has 7 nitrogen and oxygen atoms in total. The van der Waals surface area contributed by atoms with Crippen molar-refractivity contribution >= 4 is 33.9 Å². The summed E-state index contributed by atoms with van der Waals surface area (Å²) >= 11 is 2.99. The fourth-order valence-corrected chi connectivity index (χ4v) is 0.900. The quantitative estimate of drug-likeness (QED) is 0.555. The van der Waals surface area contributed by atoms with Crippen molar-refractivity contribution in [1.82, 2.24) is 10.6 Å². The topological polar surface area (TPSA) is 116 Å². The van der Waals surface area contributed by atoms with Crippen LogP contribution in [0.2, 0.25) is 0 Å². The van der Waals surface area contributed by atoms with Crippen molar-refractivity contribution in [2.24, 2.45) is 0 Å². The van der Waals surface area contributed by atoms with Gasteiger partial charge in [-0.15, -0.1) is 0 Å². The molecule has 0 heterocycles. The summed E-state index contributed by atoms with van der Waals surface area (Å²) in [5, 5.41) is 21.3. The number of carbonyl (C=O) groups excluding carboxylic acids is 1. The highest BCUT2D eigenvalue weighted by Crippen LogP contribution is 1.97. The van der Waals surface area contributed by atoms with Crippen LogP contribution >= 0.6 is 15.9 Å². The Morgan fingerprint density at radius 2 is 1.88 bits per heavy atom. The summed E-state index contributed by atoms with van der Waals surface area (Å²) in [5.74, 6) is -2.71. The van der Waals surface area contributed by atoms with Gasteiger partial charge in [0.1, 0.15) is 6.04 Å². The number of aliphatic carboxylic acids is 2. The van der Waals surface area contributed by atoms with Crippen LogP contribution in [0.15, 0.2) is 11.1 Å². The predicted octanol–water partition coefficient (Wildman–Crippen LogP) is 0.122. The summed E-state index contributed by atoms with van der Waals surface area (Å²) in [6.45, 7) is 3.57. The summed E-state index contributed by atoms with van der Waals surface area (Å²) in [4.78, 5) is 32.0. The van der Waals surface area contributed by atoms with Crippen molar-refractivity contribution in [1.29, 1.82) is 0 Å². The van der Waals surface area contributed by atoms with E-state index < -0.39 is 30.4 Å². The van der Waals surface area contributed by atoms with E-state index in [9.17, 15) is 14.4 Å². The minimum Gasteiger partial charge on any atom is -0.481 e. The van der Waals surface area contributed by atoms with Crippen molar-refractivity contribution in [2.75, 3.05) is 6.54 Å². The van der Waals surface area contributed by atoms with Gasteiger partial charge in [-0.25, -0.2) is 9.59 Å².